The Morgan fingerprint density at radius 3 is 2.44 bits per heavy atom. The number of nitrogens with zero attached hydrogens (tertiary/aromatic N) is 2. The molecular formula is C25H27BrClF3N4O4S. The SMILES string of the molecule is O=C(NCC1CCCN(C(=O)CN(c2cc(C(F)(F)F)ccc2Cl)S(=O)(=O)c2ccc(Br)cc2)C1)NC1CC1. The summed E-state index contributed by atoms with van der Waals surface area (Å²) in [7, 11) is -4.48. The third-order valence-electron chi connectivity index (χ3n) is 6.56. The lowest BCUT2D eigenvalue weighted by Crippen LogP contribution is -2.49. The number of anilines is 1. The number of sulfonamides is 1. The molecule has 4 rings (SSSR count). The summed E-state index contributed by atoms with van der Waals surface area (Å²) in [5, 5.41) is 5.38. The molecule has 0 aromatic heterocycles. The molecule has 2 fully saturated rings. The lowest BCUT2D eigenvalue weighted by Gasteiger charge is -2.35. The van der Waals surface area contributed by atoms with Gasteiger partial charge in [0.05, 0.1) is 21.2 Å². The number of piperidine rings is 1. The number of hydrogen-bond acceptors (Lipinski definition) is 4. The molecule has 39 heavy (non-hydrogen) atoms. The van der Waals surface area contributed by atoms with Crippen LogP contribution in [0.2, 0.25) is 5.02 Å². The van der Waals surface area contributed by atoms with Gasteiger partial charge >= 0.3 is 12.2 Å². The molecule has 1 heterocycles. The summed E-state index contributed by atoms with van der Waals surface area (Å²) in [5.41, 5.74) is -1.55. The molecule has 2 aliphatic rings. The van der Waals surface area contributed by atoms with Gasteiger partial charge in [0.2, 0.25) is 5.91 Å². The number of likely N-dealkylation sites (tertiary alicyclic amines) is 1. The van der Waals surface area contributed by atoms with Crippen molar-refractivity contribution in [3.63, 3.8) is 0 Å². The van der Waals surface area contributed by atoms with Crippen molar-refractivity contribution in [2.24, 2.45) is 5.92 Å². The van der Waals surface area contributed by atoms with Crippen molar-refractivity contribution >= 4 is 55.2 Å². The van der Waals surface area contributed by atoms with Crippen molar-refractivity contribution in [3.05, 3.63) is 57.5 Å². The Bertz CT molecular complexity index is 1320. The van der Waals surface area contributed by atoms with Crippen LogP contribution in [0.5, 0.6) is 0 Å². The van der Waals surface area contributed by atoms with Crippen LogP contribution < -0.4 is 14.9 Å². The Morgan fingerprint density at radius 1 is 1.10 bits per heavy atom. The fraction of sp³-hybridized carbons (Fsp3) is 0.440. The highest BCUT2D eigenvalue weighted by molar-refractivity contribution is 9.10. The molecule has 1 atom stereocenters. The molecular weight excluding hydrogens is 625 g/mol. The molecule has 1 unspecified atom stereocenters. The molecule has 2 aromatic carbocycles. The predicted octanol–water partition coefficient (Wildman–Crippen LogP) is 5.02. The van der Waals surface area contributed by atoms with E-state index in [1.165, 1.54) is 29.2 Å². The van der Waals surface area contributed by atoms with Crippen LogP contribution in [-0.2, 0) is 21.0 Å². The first kappa shape index (κ1) is 29.5. The normalized spacial score (nSPS) is 18.0. The lowest BCUT2D eigenvalue weighted by atomic mass is 9.98. The van der Waals surface area contributed by atoms with Crippen molar-refractivity contribution < 1.29 is 31.2 Å². The Morgan fingerprint density at radius 2 is 1.79 bits per heavy atom. The van der Waals surface area contributed by atoms with Crippen molar-refractivity contribution in [1.82, 2.24) is 15.5 Å². The number of benzene rings is 2. The summed E-state index contributed by atoms with van der Waals surface area (Å²) in [5.74, 6) is -0.641. The average Bonchev–Trinajstić information content (AvgIpc) is 3.70. The van der Waals surface area contributed by atoms with Gasteiger partial charge in [-0.2, -0.15) is 13.2 Å². The van der Waals surface area contributed by atoms with Crippen LogP contribution >= 0.6 is 27.5 Å². The summed E-state index contributed by atoms with van der Waals surface area (Å²) in [4.78, 5) is 26.6. The summed E-state index contributed by atoms with van der Waals surface area (Å²) >= 11 is 9.44. The monoisotopic (exact) mass is 650 g/mol. The molecule has 0 bridgehead atoms. The fourth-order valence-electron chi connectivity index (χ4n) is 4.30. The van der Waals surface area contributed by atoms with E-state index in [2.05, 4.69) is 26.6 Å². The summed E-state index contributed by atoms with van der Waals surface area (Å²) in [6, 6.07) is 7.80. The van der Waals surface area contributed by atoms with Gasteiger partial charge in [-0.05, 0) is 74.1 Å². The van der Waals surface area contributed by atoms with Crippen molar-refractivity contribution in [1.29, 1.82) is 0 Å². The minimum absolute atomic E-state index is 0.0543. The maximum atomic E-state index is 13.7. The molecule has 0 spiro atoms. The molecule has 3 amide bonds. The zero-order valence-corrected chi connectivity index (χ0v) is 23.8. The summed E-state index contributed by atoms with van der Waals surface area (Å²) in [6.07, 6.45) is -1.46. The highest BCUT2D eigenvalue weighted by Crippen LogP contribution is 2.37. The van der Waals surface area contributed by atoms with Crippen LogP contribution in [0.4, 0.5) is 23.7 Å². The van der Waals surface area contributed by atoms with Crippen molar-refractivity contribution in [2.75, 3.05) is 30.5 Å². The molecule has 1 aliphatic heterocycles. The second-order valence-corrected chi connectivity index (χ2v) is 12.8. The number of hydrogen-bond donors (Lipinski definition) is 2. The largest absolute Gasteiger partial charge is 0.416 e. The fourth-order valence-corrected chi connectivity index (χ4v) is 6.25. The standard InChI is InChI=1S/C25H27BrClF3N4O4S/c26-18-4-8-20(9-5-18)39(37,38)34(22-12-17(25(28,29)30)3-10-21(22)27)15-23(35)33-11-1-2-16(14-33)13-31-24(36)32-19-6-7-19/h3-5,8-10,12,16,19H,1-2,6-7,11,13-15H2,(H2,31,32,36). The van der Waals surface area contributed by atoms with E-state index >= 15 is 0 Å². The number of alkyl halides is 3. The summed E-state index contributed by atoms with van der Waals surface area (Å²) < 4.78 is 69.0. The van der Waals surface area contributed by atoms with Crippen LogP contribution in [0.25, 0.3) is 0 Å². The van der Waals surface area contributed by atoms with Gasteiger partial charge in [-0.1, -0.05) is 27.5 Å². The minimum atomic E-state index is -4.75. The maximum Gasteiger partial charge on any atom is 0.416 e. The molecule has 1 saturated carbocycles. The van der Waals surface area contributed by atoms with Gasteiger partial charge in [0.15, 0.2) is 0 Å². The van der Waals surface area contributed by atoms with Crippen molar-refractivity contribution in [3.8, 4) is 0 Å². The molecule has 14 heteroatoms. The van der Waals surface area contributed by atoms with Crippen LogP contribution in [0.15, 0.2) is 51.8 Å². The number of urea groups is 1. The summed E-state index contributed by atoms with van der Waals surface area (Å²) in [6.45, 7) is 0.210. The molecule has 0 radical (unpaired) electrons. The van der Waals surface area contributed by atoms with Gasteiger partial charge in [0.1, 0.15) is 6.54 Å². The zero-order valence-electron chi connectivity index (χ0n) is 20.7. The molecule has 212 valence electrons. The van der Waals surface area contributed by atoms with Gasteiger partial charge in [-0.25, -0.2) is 13.2 Å². The van der Waals surface area contributed by atoms with E-state index in [4.69, 9.17) is 11.6 Å². The maximum absolute atomic E-state index is 13.7. The Balaban J connectivity index is 1.57. The van der Waals surface area contributed by atoms with Gasteiger partial charge < -0.3 is 15.5 Å². The molecule has 1 saturated heterocycles. The first-order chi connectivity index (χ1) is 18.3. The van der Waals surface area contributed by atoms with E-state index in [0.717, 1.165) is 31.4 Å². The van der Waals surface area contributed by atoms with E-state index in [-0.39, 0.29) is 34.5 Å². The van der Waals surface area contributed by atoms with E-state index in [9.17, 15) is 31.2 Å². The quantitative estimate of drug-likeness (QED) is 0.419. The molecule has 2 aromatic rings. The molecule has 2 N–H and O–H groups in total. The number of amides is 3. The predicted molar refractivity (Wildman–Crippen MR) is 144 cm³/mol. The van der Waals surface area contributed by atoms with Gasteiger partial charge in [0.25, 0.3) is 10.0 Å². The van der Waals surface area contributed by atoms with Crippen LogP contribution in [0.1, 0.15) is 31.2 Å². The minimum Gasteiger partial charge on any atom is -0.341 e. The van der Waals surface area contributed by atoms with Gasteiger partial charge in [0, 0.05) is 30.1 Å². The van der Waals surface area contributed by atoms with Crippen LogP contribution in [0, 0.1) is 5.92 Å². The number of rotatable bonds is 8. The highest BCUT2D eigenvalue weighted by atomic mass is 79.9. The third-order valence-corrected chi connectivity index (χ3v) is 9.18. The first-order valence-electron chi connectivity index (χ1n) is 12.3. The van der Waals surface area contributed by atoms with Gasteiger partial charge in [-0.3, -0.25) is 9.10 Å². The topological polar surface area (TPSA) is 98.8 Å². The number of nitrogens with one attached hydrogen (secondary N) is 2. The van der Waals surface area contributed by atoms with Crippen molar-refractivity contribution in [2.45, 2.75) is 42.8 Å². The Hall–Kier alpha value is -2.51. The molecule has 1 aliphatic carbocycles. The van der Waals surface area contributed by atoms with E-state index < -0.39 is 39.9 Å². The third kappa shape index (κ3) is 7.57. The smallest absolute Gasteiger partial charge is 0.341 e. The number of carbonyl (C=O) groups is 2. The lowest BCUT2D eigenvalue weighted by molar-refractivity contribution is -0.137. The van der Waals surface area contributed by atoms with Gasteiger partial charge in [-0.15, -0.1) is 0 Å². The Kier molecular flexibility index (Phi) is 9.01. The second-order valence-electron chi connectivity index (χ2n) is 9.61. The molecule has 8 nitrogen and oxygen atoms in total. The van der Waals surface area contributed by atoms with E-state index in [0.29, 0.717) is 34.4 Å². The highest BCUT2D eigenvalue weighted by Gasteiger charge is 2.36. The van der Waals surface area contributed by atoms with E-state index in [1.807, 2.05) is 0 Å². The van der Waals surface area contributed by atoms with Crippen LogP contribution in [0.3, 0.4) is 0 Å². The zero-order chi connectivity index (χ0) is 28.4. The first-order valence-corrected chi connectivity index (χ1v) is 14.9. The second kappa shape index (κ2) is 11.9. The van der Waals surface area contributed by atoms with E-state index in [1.54, 1.807) is 0 Å². The Labute approximate surface area is 238 Å². The number of halogens is 5. The average molecular weight is 652 g/mol. The number of carbonyl (C=O) groups excluding carboxylic acids is 2. The van der Waals surface area contributed by atoms with Crippen LogP contribution in [-0.4, -0.2) is 57.5 Å².